The van der Waals surface area contributed by atoms with Gasteiger partial charge in [-0.2, -0.15) is 13.2 Å². The van der Waals surface area contributed by atoms with Crippen LogP contribution in [0.1, 0.15) is 22.7 Å². The van der Waals surface area contributed by atoms with Crippen LogP contribution in [0.4, 0.5) is 13.2 Å². The summed E-state index contributed by atoms with van der Waals surface area (Å²) in [5.74, 6) is -0.289. The minimum absolute atomic E-state index is 0. The van der Waals surface area contributed by atoms with E-state index in [1.807, 2.05) is 19.1 Å². The number of ether oxygens (including phenoxy) is 1. The lowest BCUT2D eigenvalue weighted by molar-refractivity contribution is -0.137. The second-order valence-corrected chi connectivity index (χ2v) is 5.55. The molecule has 0 spiro atoms. The van der Waals surface area contributed by atoms with Gasteiger partial charge in [-0.3, -0.25) is 4.79 Å². The van der Waals surface area contributed by atoms with Gasteiger partial charge in [0.15, 0.2) is 0 Å². The van der Waals surface area contributed by atoms with Gasteiger partial charge >= 0.3 is 6.18 Å². The average molecular weight is 389 g/mol. The van der Waals surface area contributed by atoms with Gasteiger partial charge in [0.2, 0.25) is 5.91 Å². The fourth-order valence-corrected chi connectivity index (χ4v) is 2.14. The first-order valence-corrected chi connectivity index (χ1v) is 7.67. The summed E-state index contributed by atoms with van der Waals surface area (Å²) in [5.41, 5.74) is 6.83. The third-order valence-corrected chi connectivity index (χ3v) is 3.55. The Bertz CT molecular complexity index is 721. The molecule has 8 heteroatoms. The SMILES string of the molecule is Cc1ccc(C(N)C(=O)NCCOc2cccc(C(F)(F)F)c2)cc1.Cl. The Morgan fingerprint density at radius 3 is 2.46 bits per heavy atom. The molecule has 0 radical (unpaired) electrons. The number of nitrogens with two attached hydrogens (primary N) is 1. The molecule has 0 aliphatic rings. The van der Waals surface area contributed by atoms with Crippen molar-refractivity contribution in [3.05, 3.63) is 65.2 Å². The van der Waals surface area contributed by atoms with E-state index in [2.05, 4.69) is 5.32 Å². The van der Waals surface area contributed by atoms with E-state index in [-0.39, 0.29) is 37.2 Å². The van der Waals surface area contributed by atoms with Crippen molar-refractivity contribution in [2.75, 3.05) is 13.2 Å². The largest absolute Gasteiger partial charge is 0.492 e. The van der Waals surface area contributed by atoms with Crippen molar-refractivity contribution < 1.29 is 22.7 Å². The molecular weight excluding hydrogens is 369 g/mol. The molecule has 0 bridgehead atoms. The van der Waals surface area contributed by atoms with Gasteiger partial charge in [-0.1, -0.05) is 35.9 Å². The minimum Gasteiger partial charge on any atom is -0.492 e. The van der Waals surface area contributed by atoms with E-state index in [4.69, 9.17) is 10.5 Å². The standard InChI is InChI=1S/C18H19F3N2O2.ClH/c1-12-5-7-13(8-6-12)16(22)17(24)23-9-10-25-15-4-2-3-14(11-15)18(19,20)21;/h2-8,11,16H,9-10,22H2,1H3,(H,23,24);1H. The van der Waals surface area contributed by atoms with E-state index >= 15 is 0 Å². The zero-order valence-corrected chi connectivity index (χ0v) is 14.9. The molecule has 0 aromatic heterocycles. The predicted molar refractivity (Wildman–Crippen MR) is 95.3 cm³/mol. The number of carbonyl (C=O) groups is 1. The molecule has 4 nitrogen and oxygen atoms in total. The van der Waals surface area contributed by atoms with Crippen LogP contribution in [0.15, 0.2) is 48.5 Å². The molecule has 2 aromatic rings. The molecule has 2 aromatic carbocycles. The number of aryl methyl sites for hydroxylation is 1. The summed E-state index contributed by atoms with van der Waals surface area (Å²) in [5, 5.41) is 2.60. The van der Waals surface area contributed by atoms with Crippen LogP contribution in [0.25, 0.3) is 0 Å². The van der Waals surface area contributed by atoms with Crippen LogP contribution in [0.5, 0.6) is 5.75 Å². The Balaban J connectivity index is 0.00000338. The Morgan fingerprint density at radius 2 is 1.85 bits per heavy atom. The quantitative estimate of drug-likeness (QED) is 0.743. The molecule has 2 rings (SSSR count). The molecule has 0 saturated carbocycles. The first-order valence-electron chi connectivity index (χ1n) is 7.67. The van der Waals surface area contributed by atoms with E-state index in [1.165, 1.54) is 12.1 Å². The highest BCUT2D eigenvalue weighted by atomic mass is 35.5. The maximum Gasteiger partial charge on any atom is 0.416 e. The van der Waals surface area contributed by atoms with Gasteiger partial charge in [0.05, 0.1) is 12.1 Å². The fourth-order valence-electron chi connectivity index (χ4n) is 2.14. The number of halogens is 4. The number of hydrogen-bond donors (Lipinski definition) is 2. The molecule has 0 fully saturated rings. The third-order valence-electron chi connectivity index (χ3n) is 3.55. The van der Waals surface area contributed by atoms with Crippen LogP contribution in [-0.4, -0.2) is 19.1 Å². The summed E-state index contributed by atoms with van der Waals surface area (Å²) in [6.07, 6.45) is -4.42. The van der Waals surface area contributed by atoms with Crippen LogP contribution in [0, 0.1) is 6.92 Å². The molecule has 26 heavy (non-hydrogen) atoms. The van der Waals surface area contributed by atoms with Crippen molar-refractivity contribution in [3.63, 3.8) is 0 Å². The summed E-state index contributed by atoms with van der Waals surface area (Å²) < 4.78 is 43.1. The lowest BCUT2D eigenvalue weighted by Gasteiger charge is -2.14. The van der Waals surface area contributed by atoms with E-state index in [0.29, 0.717) is 5.56 Å². The van der Waals surface area contributed by atoms with Crippen LogP contribution < -0.4 is 15.8 Å². The fraction of sp³-hybridized carbons (Fsp3) is 0.278. The molecule has 1 atom stereocenters. The molecule has 142 valence electrons. The maximum atomic E-state index is 12.6. The zero-order chi connectivity index (χ0) is 18.4. The number of rotatable bonds is 6. The van der Waals surface area contributed by atoms with E-state index in [1.54, 1.807) is 12.1 Å². The topological polar surface area (TPSA) is 64.4 Å². The van der Waals surface area contributed by atoms with Gasteiger partial charge < -0.3 is 15.8 Å². The Morgan fingerprint density at radius 1 is 1.19 bits per heavy atom. The zero-order valence-electron chi connectivity index (χ0n) is 14.0. The minimum atomic E-state index is -4.42. The van der Waals surface area contributed by atoms with Crippen molar-refractivity contribution in [2.24, 2.45) is 5.73 Å². The van der Waals surface area contributed by atoms with Crippen LogP contribution in [-0.2, 0) is 11.0 Å². The summed E-state index contributed by atoms with van der Waals surface area (Å²) in [6.45, 7) is 2.10. The number of amides is 1. The Hall–Kier alpha value is -2.25. The van der Waals surface area contributed by atoms with Crippen LogP contribution in [0.2, 0.25) is 0 Å². The molecular formula is C18H20ClF3N2O2. The van der Waals surface area contributed by atoms with E-state index < -0.39 is 17.8 Å². The maximum absolute atomic E-state index is 12.6. The number of benzene rings is 2. The third kappa shape index (κ3) is 6.24. The average Bonchev–Trinajstić information content (AvgIpc) is 2.58. The van der Waals surface area contributed by atoms with Crippen molar-refractivity contribution >= 4 is 18.3 Å². The molecule has 0 saturated heterocycles. The van der Waals surface area contributed by atoms with Crippen LogP contribution >= 0.6 is 12.4 Å². The summed E-state index contributed by atoms with van der Waals surface area (Å²) in [7, 11) is 0. The first-order chi connectivity index (χ1) is 11.8. The summed E-state index contributed by atoms with van der Waals surface area (Å²) in [6, 6.07) is 11.0. The van der Waals surface area contributed by atoms with Crippen molar-refractivity contribution in [1.29, 1.82) is 0 Å². The molecule has 3 N–H and O–H groups in total. The number of hydrogen-bond acceptors (Lipinski definition) is 3. The number of nitrogens with one attached hydrogen (secondary N) is 1. The van der Waals surface area contributed by atoms with E-state index in [9.17, 15) is 18.0 Å². The second kappa shape index (κ2) is 9.45. The Kier molecular flexibility index (Phi) is 7.92. The lowest BCUT2D eigenvalue weighted by atomic mass is 10.1. The van der Waals surface area contributed by atoms with Gasteiger partial charge in [0, 0.05) is 0 Å². The van der Waals surface area contributed by atoms with Gasteiger partial charge in [-0.05, 0) is 30.7 Å². The smallest absolute Gasteiger partial charge is 0.416 e. The normalized spacial score (nSPS) is 12.0. The number of alkyl halides is 3. The van der Waals surface area contributed by atoms with Crippen LogP contribution in [0.3, 0.4) is 0 Å². The monoisotopic (exact) mass is 388 g/mol. The van der Waals surface area contributed by atoms with Crippen molar-refractivity contribution in [1.82, 2.24) is 5.32 Å². The highest BCUT2D eigenvalue weighted by Gasteiger charge is 2.30. The van der Waals surface area contributed by atoms with Crippen molar-refractivity contribution in [3.8, 4) is 5.75 Å². The van der Waals surface area contributed by atoms with Gasteiger partial charge in [-0.15, -0.1) is 12.4 Å². The summed E-state index contributed by atoms with van der Waals surface area (Å²) >= 11 is 0. The first kappa shape index (κ1) is 21.8. The lowest BCUT2D eigenvalue weighted by Crippen LogP contribution is -2.36. The number of carbonyl (C=O) groups excluding carboxylic acids is 1. The predicted octanol–water partition coefficient (Wildman–Crippen LogP) is 3.63. The Labute approximate surface area is 155 Å². The highest BCUT2D eigenvalue weighted by molar-refractivity contribution is 5.85. The van der Waals surface area contributed by atoms with Crippen molar-refractivity contribution in [2.45, 2.75) is 19.1 Å². The molecule has 0 heterocycles. The molecule has 1 amide bonds. The van der Waals surface area contributed by atoms with Gasteiger partial charge in [0.25, 0.3) is 0 Å². The van der Waals surface area contributed by atoms with E-state index in [0.717, 1.165) is 17.7 Å². The second-order valence-electron chi connectivity index (χ2n) is 5.55. The molecule has 0 aliphatic heterocycles. The highest BCUT2D eigenvalue weighted by Crippen LogP contribution is 2.31. The van der Waals surface area contributed by atoms with Gasteiger partial charge in [-0.25, -0.2) is 0 Å². The molecule has 0 aliphatic carbocycles. The van der Waals surface area contributed by atoms with Gasteiger partial charge in [0.1, 0.15) is 18.4 Å². The molecule has 1 unspecified atom stereocenters. The summed E-state index contributed by atoms with van der Waals surface area (Å²) in [4.78, 5) is 12.0.